The maximum Gasteiger partial charge on any atom is 0.314 e. The summed E-state index contributed by atoms with van der Waals surface area (Å²) in [6.45, 7) is 6.24. The molecule has 0 aromatic heterocycles. The molecule has 2 saturated carbocycles. The number of rotatable bonds is 0. The normalized spacial score (nSPS) is 62.8. The molecule has 7 atom stereocenters. The van der Waals surface area contributed by atoms with Gasteiger partial charge >= 0.3 is 5.97 Å². The van der Waals surface area contributed by atoms with Crippen LogP contribution in [0.15, 0.2) is 0 Å². The Hall–Kier alpha value is -0.610. The van der Waals surface area contributed by atoms with E-state index < -0.39 is 17.5 Å². The Balaban J connectivity index is 1.81. The van der Waals surface area contributed by atoms with Gasteiger partial charge in [-0.3, -0.25) is 4.79 Å². The molecule has 4 aliphatic rings. The van der Waals surface area contributed by atoms with Gasteiger partial charge in [-0.2, -0.15) is 0 Å². The molecule has 4 nitrogen and oxygen atoms in total. The molecular formula is C15H22O4. The van der Waals surface area contributed by atoms with Crippen LogP contribution < -0.4 is 0 Å². The summed E-state index contributed by atoms with van der Waals surface area (Å²) in [6, 6.07) is 0. The topological polar surface area (TPSA) is 59.1 Å². The van der Waals surface area contributed by atoms with E-state index in [2.05, 4.69) is 13.8 Å². The first-order chi connectivity index (χ1) is 8.88. The second kappa shape index (κ2) is 3.17. The van der Waals surface area contributed by atoms with Crippen molar-refractivity contribution < 1.29 is 19.4 Å². The van der Waals surface area contributed by atoms with Gasteiger partial charge < -0.3 is 14.6 Å². The predicted molar refractivity (Wildman–Crippen MR) is 67.0 cm³/mol. The smallest absolute Gasteiger partial charge is 0.314 e. The average molecular weight is 266 g/mol. The highest BCUT2D eigenvalue weighted by Gasteiger charge is 2.89. The minimum absolute atomic E-state index is 0.152. The zero-order valence-corrected chi connectivity index (χ0v) is 11.8. The Kier molecular flexibility index (Phi) is 2.03. The molecular weight excluding hydrogens is 244 g/mol. The second-order valence-electron chi connectivity index (χ2n) is 7.29. The average Bonchev–Trinajstić information content (AvgIpc) is 2.96. The maximum atomic E-state index is 11.9. The van der Waals surface area contributed by atoms with Crippen LogP contribution in [0.5, 0.6) is 0 Å². The quantitative estimate of drug-likeness (QED) is 0.537. The fraction of sp³-hybridized carbons (Fsp3) is 0.933. The van der Waals surface area contributed by atoms with Gasteiger partial charge in [0.1, 0.15) is 0 Å². The van der Waals surface area contributed by atoms with E-state index in [-0.39, 0.29) is 17.3 Å². The minimum Gasteiger partial charge on any atom is -0.429 e. The van der Waals surface area contributed by atoms with Crippen LogP contribution in [-0.2, 0) is 14.3 Å². The van der Waals surface area contributed by atoms with Gasteiger partial charge in [0.25, 0.3) is 0 Å². The fourth-order valence-corrected chi connectivity index (χ4v) is 5.23. The molecule has 2 aliphatic carbocycles. The van der Waals surface area contributed by atoms with Crippen LogP contribution in [0.4, 0.5) is 0 Å². The van der Waals surface area contributed by atoms with Gasteiger partial charge in [0, 0.05) is 11.8 Å². The van der Waals surface area contributed by atoms with Crippen molar-refractivity contribution in [1.29, 1.82) is 0 Å². The minimum atomic E-state index is -0.801. The molecule has 0 unspecified atom stereocenters. The van der Waals surface area contributed by atoms with E-state index in [0.29, 0.717) is 11.8 Å². The lowest BCUT2D eigenvalue weighted by atomic mass is 9.51. The Labute approximate surface area is 113 Å². The molecule has 0 spiro atoms. The fourth-order valence-electron chi connectivity index (χ4n) is 5.23. The number of aliphatic hydroxyl groups is 1. The van der Waals surface area contributed by atoms with Crippen LogP contribution in [0, 0.1) is 23.2 Å². The van der Waals surface area contributed by atoms with Crippen LogP contribution in [0.3, 0.4) is 0 Å². The second-order valence-corrected chi connectivity index (χ2v) is 7.29. The number of aliphatic hydroxyl groups excluding tert-OH is 1. The van der Waals surface area contributed by atoms with E-state index in [1.54, 1.807) is 0 Å². The number of hydrogen-bond acceptors (Lipinski definition) is 4. The first kappa shape index (κ1) is 12.2. The Morgan fingerprint density at radius 2 is 2.05 bits per heavy atom. The molecule has 4 rings (SSSR count). The van der Waals surface area contributed by atoms with Gasteiger partial charge in [0.05, 0.1) is 12.0 Å². The van der Waals surface area contributed by atoms with E-state index in [4.69, 9.17) is 9.47 Å². The molecule has 0 amide bonds. The molecule has 2 aliphatic heterocycles. The molecule has 2 heterocycles. The summed E-state index contributed by atoms with van der Waals surface area (Å²) >= 11 is 0. The molecule has 4 fully saturated rings. The monoisotopic (exact) mass is 266 g/mol. The number of carbonyl (C=O) groups excluding carboxylic acids is 1. The first-order valence-corrected chi connectivity index (χ1v) is 7.49. The zero-order valence-electron chi connectivity index (χ0n) is 11.8. The van der Waals surface area contributed by atoms with Crippen molar-refractivity contribution in [3.8, 4) is 0 Å². The van der Waals surface area contributed by atoms with Crippen molar-refractivity contribution in [3.63, 3.8) is 0 Å². The number of carbonyl (C=O) groups is 1. The number of esters is 1. The molecule has 0 bridgehead atoms. The van der Waals surface area contributed by atoms with Crippen molar-refractivity contribution in [3.05, 3.63) is 0 Å². The lowest BCUT2D eigenvalue weighted by Crippen LogP contribution is -2.60. The van der Waals surface area contributed by atoms with E-state index in [1.807, 2.05) is 6.92 Å². The number of hydrogen-bond donors (Lipinski definition) is 1. The lowest BCUT2D eigenvalue weighted by Gasteiger charge is -2.53. The van der Waals surface area contributed by atoms with Gasteiger partial charge in [-0.05, 0) is 25.2 Å². The van der Waals surface area contributed by atoms with Crippen molar-refractivity contribution in [2.45, 2.75) is 63.9 Å². The van der Waals surface area contributed by atoms with Crippen molar-refractivity contribution in [1.82, 2.24) is 0 Å². The summed E-state index contributed by atoms with van der Waals surface area (Å²) in [5.74, 6) is -0.514. The summed E-state index contributed by atoms with van der Waals surface area (Å²) in [4.78, 5) is 11.9. The van der Waals surface area contributed by atoms with Crippen molar-refractivity contribution in [2.75, 3.05) is 0 Å². The largest absolute Gasteiger partial charge is 0.429 e. The highest BCUT2D eigenvalue weighted by molar-refractivity contribution is 5.79. The van der Waals surface area contributed by atoms with E-state index in [1.165, 1.54) is 6.42 Å². The first-order valence-electron chi connectivity index (χ1n) is 7.49. The van der Waals surface area contributed by atoms with Gasteiger partial charge in [0.2, 0.25) is 5.79 Å². The van der Waals surface area contributed by atoms with Crippen LogP contribution in [-0.4, -0.2) is 28.6 Å². The molecule has 1 N–H and O–H groups in total. The third kappa shape index (κ3) is 1.06. The van der Waals surface area contributed by atoms with E-state index in [0.717, 1.165) is 19.3 Å². The SMILES string of the molecule is C[C@H]1CCC[C@@H]2C[C@@]34OC(=O)[C@H](C)[C@@]3(O4)[C@@H](O)[C@@]21C. The number of epoxide rings is 1. The van der Waals surface area contributed by atoms with Crippen LogP contribution in [0.25, 0.3) is 0 Å². The highest BCUT2D eigenvalue weighted by atomic mass is 16.8. The maximum absolute atomic E-state index is 11.9. The Morgan fingerprint density at radius 1 is 1.32 bits per heavy atom. The third-order valence-electron chi connectivity index (χ3n) is 6.79. The molecule has 4 heteroatoms. The molecule has 106 valence electrons. The molecule has 2 saturated heterocycles. The summed E-state index contributed by atoms with van der Waals surface area (Å²) in [7, 11) is 0. The zero-order chi connectivity index (χ0) is 13.6. The van der Waals surface area contributed by atoms with Gasteiger partial charge in [-0.25, -0.2) is 0 Å². The molecule has 19 heavy (non-hydrogen) atoms. The van der Waals surface area contributed by atoms with Crippen molar-refractivity contribution in [2.24, 2.45) is 23.2 Å². The third-order valence-corrected chi connectivity index (χ3v) is 6.79. The summed E-state index contributed by atoms with van der Waals surface area (Å²) in [5.41, 5.74) is -0.915. The summed E-state index contributed by atoms with van der Waals surface area (Å²) in [5, 5.41) is 11.0. The van der Waals surface area contributed by atoms with Gasteiger partial charge in [-0.15, -0.1) is 0 Å². The van der Waals surface area contributed by atoms with Crippen LogP contribution >= 0.6 is 0 Å². The lowest BCUT2D eigenvalue weighted by molar-refractivity contribution is -0.163. The summed E-state index contributed by atoms with van der Waals surface area (Å²) < 4.78 is 11.4. The predicted octanol–water partition coefficient (Wildman–Crippen LogP) is 1.85. The van der Waals surface area contributed by atoms with Gasteiger partial charge in [0.15, 0.2) is 5.60 Å². The van der Waals surface area contributed by atoms with Crippen molar-refractivity contribution >= 4 is 5.97 Å². The molecule has 0 aromatic carbocycles. The Morgan fingerprint density at radius 3 is 2.79 bits per heavy atom. The molecule has 0 aromatic rings. The van der Waals surface area contributed by atoms with Crippen LogP contribution in [0.2, 0.25) is 0 Å². The molecule has 0 radical (unpaired) electrons. The van der Waals surface area contributed by atoms with Crippen LogP contribution in [0.1, 0.15) is 46.5 Å². The summed E-state index contributed by atoms with van der Waals surface area (Å²) in [6.07, 6.45) is 3.61. The number of fused-ring (bicyclic) bond motifs is 1. The van der Waals surface area contributed by atoms with Gasteiger partial charge in [-0.1, -0.05) is 26.7 Å². The van der Waals surface area contributed by atoms with E-state index in [9.17, 15) is 9.90 Å². The Bertz CT molecular complexity index is 463. The number of ether oxygens (including phenoxy) is 2. The standard InChI is InChI=1S/C15H22O4/c1-8-5-4-6-10-7-14-15(19-14,9(2)11(16)18-14)12(17)13(8,10)3/h8-10,12,17H,4-7H2,1-3H3/t8-,9-,10+,12-,13+,14-,15+/m0/s1. The highest BCUT2D eigenvalue weighted by Crippen LogP contribution is 2.73. The van der Waals surface area contributed by atoms with E-state index >= 15 is 0 Å².